The second kappa shape index (κ2) is 6.06. The van der Waals surface area contributed by atoms with Gasteiger partial charge in [0.25, 0.3) is 0 Å². The topological polar surface area (TPSA) is 67.1 Å². The van der Waals surface area contributed by atoms with E-state index in [4.69, 9.17) is 18.0 Å². The van der Waals surface area contributed by atoms with Gasteiger partial charge in [0.1, 0.15) is 4.99 Å². The molecule has 2 rings (SSSR count). The zero-order valence-corrected chi connectivity index (χ0v) is 11.4. The van der Waals surface area contributed by atoms with Crippen molar-refractivity contribution in [2.45, 2.75) is 25.8 Å². The fraction of sp³-hybridized carbons (Fsp3) is 0.583. The fourth-order valence-electron chi connectivity index (χ4n) is 2.02. The molecule has 0 aromatic carbocycles. The Balaban J connectivity index is 1.87. The second-order valence-corrected chi connectivity index (χ2v) is 4.88. The lowest BCUT2D eigenvalue weighted by molar-refractivity contribution is 0.289. The molecular weight excluding hydrogens is 246 g/mol. The summed E-state index contributed by atoms with van der Waals surface area (Å²) in [6.45, 7) is 5.13. The van der Waals surface area contributed by atoms with Crippen LogP contribution < -0.4 is 11.1 Å². The van der Waals surface area contributed by atoms with Crippen molar-refractivity contribution in [1.82, 2.24) is 15.1 Å². The van der Waals surface area contributed by atoms with Crippen LogP contribution in [-0.2, 0) is 0 Å². The smallest absolute Gasteiger partial charge is 0.158 e. The number of aromatic nitrogens is 2. The van der Waals surface area contributed by atoms with E-state index in [1.807, 2.05) is 0 Å². The van der Waals surface area contributed by atoms with Gasteiger partial charge in [0, 0.05) is 19.1 Å². The van der Waals surface area contributed by atoms with Crippen LogP contribution in [0.1, 0.15) is 25.3 Å². The van der Waals surface area contributed by atoms with E-state index in [1.54, 1.807) is 12.3 Å². The molecule has 0 aliphatic heterocycles. The predicted octanol–water partition coefficient (Wildman–Crippen LogP) is 1.01. The number of thiocarbonyl (C=S) groups is 1. The Kier molecular flexibility index (Phi) is 4.43. The Labute approximate surface area is 113 Å². The minimum Gasteiger partial charge on any atom is -0.389 e. The number of likely N-dealkylation sites (N-methyl/N-ethyl adjacent to an activating group) is 1. The van der Waals surface area contributed by atoms with E-state index in [0.717, 1.165) is 31.2 Å². The van der Waals surface area contributed by atoms with Gasteiger partial charge < -0.3 is 11.1 Å². The number of nitrogens with one attached hydrogen (secondary N) is 1. The number of hydrogen-bond acceptors (Lipinski definition) is 5. The van der Waals surface area contributed by atoms with E-state index < -0.39 is 0 Å². The van der Waals surface area contributed by atoms with Crippen molar-refractivity contribution in [2.75, 3.05) is 25.0 Å². The Morgan fingerprint density at radius 3 is 3.00 bits per heavy atom. The van der Waals surface area contributed by atoms with Crippen molar-refractivity contribution in [1.29, 1.82) is 0 Å². The van der Waals surface area contributed by atoms with Crippen molar-refractivity contribution in [3.8, 4) is 0 Å². The normalized spacial score (nSPS) is 14.8. The first-order valence-electron chi connectivity index (χ1n) is 6.31. The van der Waals surface area contributed by atoms with Crippen molar-refractivity contribution < 1.29 is 0 Å². The molecule has 0 saturated heterocycles. The molecule has 5 nitrogen and oxygen atoms in total. The highest BCUT2D eigenvalue weighted by Crippen LogP contribution is 2.26. The molecule has 1 aromatic heterocycles. The molecule has 0 atom stereocenters. The maximum absolute atomic E-state index is 5.64. The summed E-state index contributed by atoms with van der Waals surface area (Å²) in [4.78, 5) is 2.83. The van der Waals surface area contributed by atoms with Gasteiger partial charge in [-0.15, -0.1) is 5.10 Å². The van der Waals surface area contributed by atoms with Crippen LogP contribution in [0.4, 0.5) is 5.82 Å². The molecule has 1 fully saturated rings. The molecule has 0 radical (unpaired) electrons. The summed E-state index contributed by atoms with van der Waals surface area (Å²) in [5.41, 5.74) is 6.40. The van der Waals surface area contributed by atoms with E-state index in [1.165, 1.54) is 12.8 Å². The van der Waals surface area contributed by atoms with Crippen LogP contribution in [0, 0.1) is 0 Å². The van der Waals surface area contributed by atoms with Crippen LogP contribution in [0.5, 0.6) is 0 Å². The van der Waals surface area contributed by atoms with Crippen molar-refractivity contribution in [3.63, 3.8) is 0 Å². The number of nitrogens with two attached hydrogens (primary N) is 1. The average Bonchev–Trinajstić information content (AvgIpc) is 3.19. The van der Waals surface area contributed by atoms with Gasteiger partial charge in [-0.3, -0.25) is 4.90 Å². The molecular formula is C12H19N5S. The molecule has 1 saturated carbocycles. The maximum atomic E-state index is 5.64. The van der Waals surface area contributed by atoms with E-state index >= 15 is 0 Å². The quantitative estimate of drug-likeness (QED) is 0.717. The molecule has 1 aliphatic carbocycles. The molecule has 0 bridgehead atoms. The van der Waals surface area contributed by atoms with E-state index in [9.17, 15) is 0 Å². The minimum absolute atomic E-state index is 0.349. The second-order valence-electron chi connectivity index (χ2n) is 4.44. The lowest BCUT2D eigenvalue weighted by Gasteiger charge is -2.20. The third-order valence-corrected chi connectivity index (χ3v) is 3.37. The van der Waals surface area contributed by atoms with E-state index in [-0.39, 0.29) is 0 Å². The number of hydrogen-bond donors (Lipinski definition) is 2. The summed E-state index contributed by atoms with van der Waals surface area (Å²) in [6.07, 6.45) is 4.26. The summed E-state index contributed by atoms with van der Waals surface area (Å²) in [5, 5.41) is 11.1. The van der Waals surface area contributed by atoms with Gasteiger partial charge in [0.05, 0.1) is 11.8 Å². The molecule has 1 aliphatic rings. The molecule has 1 heterocycles. The highest BCUT2D eigenvalue weighted by Gasteiger charge is 2.27. The Morgan fingerprint density at radius 1 is 1.61 bits per heavy atom. The lowest BCUT2D eigenvalue weighted by Crippen LogP contribution is -2.31. The van der Waals surface area contributed by atoms with Crippen LogP contribution in [0.25, 0.3) is 0 Å². The summed E-state index contributed by atoms with van der Waals surface area (Å²) >= 11 is 4.99. The molecule has 6 heteroatoms. The largest absolute Gasteiger partial charge is 0.389 e. The molecule has 18 heavy (non-hydrogen) atoms. The molecule has 0 amide bonds. The van der Waals surface area contributed by atoms with Crippen LogP contribution in [-0.4, -0.2) is 45.8 Å². The third-order valence-electron chi connectivity index (χ3n) is 3.15. The number of anilines is 1. The van der Waals surface area contributed by atoms with Gasteiger partial charge in [0.15, 0.2) is 5.82 Å². The first kappa shape index (κ1) is 13.2. The summed E-state index contributed by atoms with van der Waals surface area (Å²) in [5.74, 6) is 0.678. The zero-order valence-electron chi connectivity index (χ0n) is 10.6. The zero-order chi connectivity index (χ0) is 13.0. The van der Waals surface area contributed by atoms with Crippen molar-refractivity contribution >= 4 is 23.0 Å². The Bertz CT molecular complexity index is 419. The highest BCUT2D eigenvalue weighted by molar-refractivity contribution is 7.80. The standard InChI is InChI=1S/C12H19N5S/c1-2-17(9-3-4-9)8-7-14-12-10(11(13)18)5-6-15-16-12/h5-6,9H,2-4,7-8H2,1H3,(H2,13,18)(H,14,16). The highest BCUT2D eigenvalue weighted by atomic mass is 32.1. The predicted molar refractivity (Wildman–Crippen MR) is 76.7 cm³/mol. The fourth-order valence-corrected chi connectivity index (χ4v) is 2.18. The van der Waals surface area contributed by atoms with Crippen molar-refractivity contribution in [3.05, 3.63) is 17.8 Å². The van der Waals surface area contributed by atoms with Crippen LogP contribution in [0.2, 0.25) is 0 Å². The summed E-state index contributed by atoms with van der Waals surface area (Å²) < 4.78 is 0. The SMILES string of the molecule is CCN(CCNc1nnccc1C(N)=S)C1CC1. The monoisotopic (exact) mass is 265 g/mol. The van der Waals surface area contributed by atoms with E-state index in [2.05, 4.69) is 27.3 Å². The minimum atomic E-state index is 0.349. The van der Waals surface area contributed by atoms with Gasteiger partial charge >= 0.3 is 0 Å². The van der Waals surface area contributed by atoms with E-state index in [0.29, 0.717) is 10.8 Å². The van der Waals surface area contributed by atoms with Crippen LogP contribution in [0.3, 0.4) is 0 Å². The summed E-state index contributed by atoms with van der Waals surface area (Å²) in [6, 6.07) is 2.57. The van der Waals surface area contributed by atoms with Crippen molar-refractivity contribution in [2.24, 2.45) is 5.73 Å². The van der Waals surface area contributed by atoms with Gasteiger partial charge in [0.2, 0.25) is 0 Å². The number of nitrogens with zero attached hydrogens (tertiary/aromatic N) is 3. The first-order valence-corrected chi connectivity index (χ1v) is 6.72. The Hall–Kier alpha value is -1.27. The van der Waals surface area contributed by atoms with Crippen LogP contribution >= 0.6 is 12.2 Å². The molecule has 98 valence electrons. The molecule has 0 spiro atoms. The van der Waals surface area contributed by atoms with Gasteiger partial charge in [-0.2, -0.15) is 5.10 Å². The van der Waals surface area contributed by atoms with Gasteiger partial charge in [-0.05, 0) is 25.5 Å². The van der Waals surface area contributed by atoms with Crippen LogP contribution in [0.15, 0.2) is 12.3 Å². The Morgan fingerprint density at radius 2 is 2.39 bits per heavy atom. The van der Waals surface area contributed by atoms with Gasteiger partial charge in [-0.1, -0.05) is 19.1 Å². The molecule has 3 N–H and O–H groups in total. The maximum Gasteiger partial charge on any atom is 0.158 e. The number of rotatable bonds is 7. The third kappa shape index (κ3) is 3.36. The first-order chi connectivity index (χ1) is 8.72. The average molecular weight is 265 g/mol. The molecule has 0 unspecified atom stereocenters. The van der Waals surface area contributed by atoms with Gasteiger partial charge in [-0.25, -0.2) is 0 Å². The molecule has 1 aromatic rings. The summed E-state index contributed by atoms with van der Waals surface area (Å²) in [7, 11) is 0. The lowest BCUT2D eigenvalue weighted by atomic mass is 10.3.